The predicted molar refractivity (Wildman–Crippen MR) is 160 cm³/mol. The van der Waals surface area contributed by atoms with Crippen molar-refractivity contribution in [3.05, 3.63) is 81.3 Å². The van der Waals surface area contributed by atoms with Gasteiger partial charge in [0.05, 0.1) is 21.8 Å². The highest BCUT2D eigenvalue weighted by Gasteiger charge is 2.19. The van der Waals surface area contributed by atoms with Crippen LogP contribution in [-0.4, -0.2) is 34.9 Å². The number of ether oxygens (including phenoxy) is 1. The van der Waals surface area contributed by atoms with Crippen LogP contribution in [0.15, 0.2) is 69.2 Å². The fourth-order valence-corrected chi connectivity index (χ4v) is 5.87. The first-order valence-electron chi connectivity index (χ1n) is 12.7. The van der Waals surface area contributed by atoms with Gasteiger partial charge in [0, 0.05) is 24.6 Å². The smallest absolute Gasteiger partial charge is 0.230 e. The molecule has 5 nitrogen and oxygen atoms in total. The van der Waals surface area contributed by atoms with Crippen molar-refractivity contribution in [2.24, 2.45) is 10.9 Å². The molecule has 0 bridgehead atoms. The van der Waals surface area contributed by atoms with E-state index < -0.39 is 9.71 Å². The van der Waals surface area contributed by atoms with Crippen molar-refractivity contribution in [1.29, 1.82) is 0 Å². The Kier molecular flexibility index (Phi) is 10.3. The summed E-state index contributed by atoms with van der Waals surface area (Å²) in [5.41, 5.74) is 5.33. The zero-order valence-corrected chi connectivity index (χ0v) is 24.4. The van der Waals surface area contributed by atoms with Crippen molar-refractivity contribution >= 4 is 39.1 Å². The average Bonchev–Trinajstić information content (AvgIpc) is 2.85. The van der Waals surface area contributed by atoms with Crippen LogP contribution in [0.2, 0.25) is 5.02 Å². The third kappa shape index (κ3) is 7.81. The summed E-state index contributed by atoms with van der Waals surface area (Å²) in [5.74, 6) is 4.27. The molecule has 1 N–H and O–H groups in total. The van der Waals surface area contributed by atoms with Crippen molar-refractivity contribution in [2.75, 3.05) is 18.4 Å². The monoisotopic (exact) mass is 557 g/mol. The Labute approximate surface area is 231 Å². The number of halogens is 2. The van der Waals surface area contributed by atoms with Crippen LogP contribution in [-0.2, 0) is 16.1 Å². The number of hydrogen-bond acceptors (Lipinski definition) is 4. The molecule has 0 saturated heterocycles. The third-order valence-electron chi connectivity index (χ3n) is 6.35. The number of hydrogen-bond donors (Lipinski definition) is 1. The molecule has 0 radical (unpaired) electrons. The zero-order chi connectivity index (χ0) is 27.9. The summed E-state index contributed by atoms with van der Waals surface area (Å²) >= 11 is 6.08. The van der Waals surface area contributed by atoms with Crippen LogP contribution in [0.5, 0.6) is 5.88 Å². The van der Waals surface area contributed by atoms with Crippen LogP contribution < -0.4 is 9.46 Å². The molecule has 0 spiro atoms. The number of rotatable bonds is 10. The molecule has 204 valence electrons. The average molecular weight is 558 g/mol. The van der Waals surface area contributed by atoms with Crippen LogP contribution in [0.3, 0.4) is 0 Å². The Morgan fingerprint density at radius 2 is 2.08 bits per heavy atom. The van der Waals surface area contributed by atoms with E-state index in [0.717, 1.165) is 25.0 Å². The van der Waals surface area contributed by atoms with E-state index in [4.69, 9.17) is 16.3 Å². The molecule has 1 atom stereocenters. The van der Waals surface area contributed by atoms with Gasteiger partial charge >= 0.3 is 0 Å². The minimum atomic E-state index is -3.09. The summed E-state index contributed by atoms with van der Waals surface area (Å²) in [7, 11) is -1.65. The first kappa shape index (κ1) is 29.7. The van der Waals surface area contributed by atoms with Crippen LogP contribution in [0.1, 0.15) is 51.2 Å². The molecule has 1 unspecified atom stereocenters. The Bertz CT molecular complexity index is 1390. The highest BCUT2D eigenvalue weighted by Crippen LogP contribution is 2.30. The van der Waals surface area contributed by atoms with Crippen molar-refractivity contribution < 1.29 is 13.3 Å². The standard InChI is InChI=1S/C30H37ClFN3O2S/c1-20(2)17-33-18-24-10-8-7-9-23(15-21(24)3)11-12-26-22(4)28(14-13-27(26)32)35-38(6,36)29-16-25(31)19-34-30(29)37-5/h7,9,13-16,18-20H,6,8,10-12,17H2,1-5H3,(H,35,36)/b9-7?,23-15+,24-21+,33-18?. The van der Waals surface area contributed by atoms with E-state index in [1.54, 1.807) is 6.07 Å². The second kappa shape index (κ2) is 13.3. The summed E-state index contributed by atoms with van der Waals surface area (Å²) < 4.78 is 36.8. The molecule has 0 fully saturated rings. The summed E-state index contributed by atoms with van der Waals surface area (Å²) in [6, 6.07) is 4.49. The van der Waals surface area contributed by atoms with E-state index in [0.29, 0.717) is 40.6 Å². The molecule has 1 heterocycles. The number of methoxy groups -OCH3 is 1. The van der Waals surface area contributed by atoms with Crippen molar-refractivity contribution in [3.63, 3.8) is 0 Å². The number of aromatic nitrogens is 1. The van der Waals surface area contributed by atoms with Crippen LogP contribution >= 0.6 is 11.6 Å². The van der Waals surface area contributed by atoms with Gasteiger partial charge in [0.1, 0.15) is 10.7 Å². The minimum Gasteiger partial charge on any atom is -0.480 e. The van der Waals surface area contributed by atoms with Gasteiger partial charge in [-0.3, -0.25) is 4.99 Å². The number of nitrogens with one attached hydrogen (secondary N) is 1. The number of benzene rings is 1. The lowest BCUT2D eigenvalue weighted by Crippen LogP contribution is -2.16. The molecule has 8 heteroatoms. The molecule has 1 aromatic carbocycles. The minimum absolute atomic E-state index is 0.168. The van der Waals surface area contributed by atoms with E-state index in [2.05, 4.69) is 59.6 Å². The van der Waals surface area contributed by atoms with Gasteiger partial charge in [0.15, 0.2) is 0 Å². The Hall–Kier alpha value is -2.90. The Balaban J connectivity index is 1.84. The maximum absolute atomic E-state index is 15.0. The number of anilines is 1. The highest BCUT2D eigenvalue weighted by molar-refractivity contribution is 8.01. The second-order valence-corrected chi connectivity index (χ2v) is 12.3. The quantitative estimate of drug-likeness (QED) is 0.242. The van der Waals surface area contributed by atoms with E-state index in [1.807, 2.05) is 13.1 Å². The summed E-state index contributed by atoms with van der Waals surface area (Å²) in [6.45, 7) is 9.05. The van der Waals surface area contributed by atoms with Gasteiger partial charge in [-0.2, -0.15) is 0 Å². The SMILES string of the molecule is C=S(=O)(Nc1ccc(F)c(CC/C2=C/C(C)=C(/C=NCC(C)C)CCC=C2)c1C)c1cc(Cl)cnc1OC. The third-order valence-corrected chi connectivity index (χ3v) is 8.11. The largest absolute Gasteiger partial charge is 0.480 e. The normalized spacial score (nSPS) is 19.1. The first-order valence-corrected chi connectivity index (χ1v) is 14.8. The van der Waals surface area contributed by atoms with Gasteiger partial charge in [-0.15, -0.1) is 0 Å². The van der Waals surface area contributed by atoms with E-state index in [-0.39, 0.29) is 16.6 Å². The number of allylic oxidation sites excluding steroid dienone is 6. The molecule has 1 aliphatic carbocycles. The van der Waals surface area contributed by atoms with E-state index in [1.165, 1.54) is 36.6 Å². The molecule has 3 rings (SSSR count). The van der Waals surface area contributed by atoms with Gasteiger partial charge in [0.25, 0.3) is 0 Å². The maximum atomic E-state index is 15.0. The first-order chi connectivity index (χ1) is 18.0. The molecule has 0 amide bonds. The maximum Gasteiger partial charge on any atom is 0.230 e. The summed E-state index contributed by atoms with van der Waals surface area (Å²) in [6.07, 6.45) is 12.9. The zero-order valence-electron chi connectivity index (χ0n) is 22.8. The van der Waals surface area contributed by atoms with Gasteiger partial charge in [-0.25, -0.2) is 13.6 Å². The highest BCUT2D eigenvalue weighted by atomic mass is 35.5. The molecule has 38 heavy (non-hydrogen) atoms. The van der Waals surface area contributed by atoms with Crippen LogP contribution in [0.25, 0.3) is 0 Å². The lowest BCUT2D eigenvalue weighted by Gasteiger charge is -2.19. The van der Waals surface area contributed by atoms with Gasteiger partial charge < -0.3 is 9.46 Å². The second-order valence-electron chi connectivity index (χ2n) is 9.89. The van der Waals surface area contributed by atoms with Crippen LogP contribution in [0.4, 0.5) is 10.1 Å². The predicted octanol–water partition coefficient (Wildman–Crippen LogP) is 7.55. The Morgan fingerprint density at radius 3 is 2.79 bits per heavy atom. The molecule has 1 aromatic heterocycles. The Morgan fingerprint density at radius 1 is 1.32 bits per heavy atom. The van der Waals surface area contributed by atoms with E-state index in [9.17, 15) is 8.60 Å². The fourth-order valence-electron chi connectivity index (χ4n) is 4.23. The van der Waals surface area contributed by atoms with Crippen molar-refractivity contribution in [2.45, 2.75) is 58.3 Å². The number of aliphatic imine (C=N–C) groups is 1. The van der Waals surface area contributed by atoms with E-state index >= 15 is 0 Å². The van der Waals surface area contributed by atoms with Gasteiger partial charge in [-0.05, 0) is 97.4 Å². The fraction of sp³-hybridized carbons (Fsp3) is 0.367. The van der Waals surface area contributed by atoms with Gasteiger partial charge in [0.2, 0.25) is 5.88 Å². The van der Waals surface area contributed by atoms with Crippen molar-refractivity contribution in [1.82, 2.24) is 4.98 Å². The lowest BCUT2D eigenvalue weighted by atomic mass is 9.94. The molecule has 2 aromatic rings. The van der Waals surface area contributed by atoms with Crippen LogP contribution in [0, 0.1) is 18.7 Å². The summed E-state index contributed by atoms with van der Waals surface area (Å²) in [4.78, 5) is 8.93. The van der Waals surface area contributed by atoms with Crippen molar-refractivity contribution in [3.8, 4) is 5.88 Å². The number of pyridine rings is 1. The molecule has 1 aliphatic rings. The molecular formula is C30H37ClFN3O2S. The molecule has 0 aliphatic heterocycles. The lowest BCUT2D eigenvalue weighted by molar-refractivity contribution is 0.386. The molecule has 0 saturated carbocycles. The van der Waals surface area contributed by atoms with Gasteiger partial charge in [-0.1, -0.05) is 43.7 Å². The topological polar surface area (TPSA) is 63.6 Å². The number of nitrogens with zero attached hydrogens (tertiary/aromatic N) is 2. The summed E-state index contributed by atoms with van der Waals surface area (Å²) in [5, 5.41) is 0.315. The molecular weight excluding hydrogens is 521 g/mol.